The maximum absolute atomic E-state index is 13.0. The third kappa shape index (κ3) is 5.33. The van der Waals surface area contributed by atoms with Crippen LogP contribution in [0.3, 0.4) is 0 Å². The minimum Gasteiger partial charge on any atom is -0.314 e. The Labute approximate surface area is 215 Å². The van der Waals surface area contributed by atoms with Gasteiger partial charge in [0.1, 0.15) is 16.5 Å². The van der Waals surface area contributed by atoms with Gasteiger partial charge in [-0.1, -0.05) is 51.1 Å². The molecule has 0 bridgehead atoms. The molecule has 2 aromatic heterocycles. The number of hydrogen-bond donors (Lipinski definition) is 3. The second kappa shape index (κ2) is 9.99. The summed E-state index contributed by atoms with van der Waals surface area (Å²) in [6, 6.07) is 19.0. The standard InChI is InChI=1S/C28H30N6OS/c1-17(2)34(16-29)25(30)22-7-6-8-24(31-22)33-26(35)19-11-14-21-23(15-19)36-27(32-21)18-9-12-20(13-10-18)28(3,4)5/h6-17,29-30H,1-5H3,(H,31,33,35). The zero-order chi connectivity index (χ0) is 26.0. The van der Waals surface area contributed by atoms with Crippen molar-refractivity contribution < 1.29 is 4.79 Å². The molecule has 4 rings (SSSR count). The van der Waals surface area contributed by atoms with Gasteiger partial charge in [-0.15, -0.1) is 11.3 Å². The van der Waals surface area contributed by atoms with E-state index in [9.17, 15) is 4.79 Å². The van der Waals surface area contributed by atoms with E-state index in [-0.39, 0.29) is 23.2 Å². The number of amides is 1. The van der Waals surface area contributed by atoms with Crippen LogP contribution in [0.4, 0.5) is 5.82 Å². The number of thiazole rings is 1. The molecule has 2 heterocycles. The molecule has 0 radical (unpaired) electrons. The first-order valence-electron chi connectivity index (χ1n) is 11.7. The number of hydrogen-bond acceptors (Lipinski definition) is 6. The number of nitrogens with one attached hydrogen (secondary N) is 3. The Morgan fingerprint density at radius 3 is 2.42 bits per heavy atom. The van der Waals surface area contributed by atoms with Gasteiger partial charge in [-0.3, -0.25) is 15.6 Å². The molecule has 0 saturated heterocycles. The minimum absolute atomic E-state index is 0.0532. The summed E-state index contributed by atoms with van der Waals surface area (Å²) in [6.07, 6.45) is 1.11. The summed E-state index contributed by atoms with van der Waals surface area (Å²) in [5.41, 5.74) is 4.15. The van der Waals surface area contributed by atoms with Crippen molar-refractivity contribution in [2.75, 3.05) is 5.32 Å². The highest BCUT2D eigenvalue weighted by molar-refractivity contribution is 7.21. The van der Waals surface area contributed by atoms with E-state index >= 15 is 0 Å². The Bertz CT molecular complexity index is 1430. The fourth-order valence-electron chi connectivity index (χ4n) is 3.73. The SMILES string of the molecule is CC(C)N(C=N)C(=N)c1cccc(NC(=O)c2ccc3nc(-c4ccc(C(C)(C)C)cc4)sc3c2)n1. The number of amidine groups is 1. The molecular formula is C28H30N6OS. The van der Waals surface area contributed by atoms with Crippen LogP contribution in [0.1, 0.15) is 56.2 Å². The molecule has 7 nitrogen and oxygen atoms in total. The van der Waals surface area contributed by atoms with Crippen molar-refractivity contribution in [2.45, 2.75) is 46.1 Å². The molecule has 0 aliphatic rings. The molecule has 3 N–H and O–H groups in total. The lowest BCUT2D eigenvalue weighted by atomic mass is 9.87. The first-order valence-corrected chi connectivity index (χ1v) is 12.6. The Morgan fingerprint density at radius 2 is 1.78 bits per heavy atom. The van der Waals surface area contributed by atoms with E-state index in [1.54, 1.807) is 35.6 Å². The van der Waals surface area contributed by atoms with Gasteiger partial charge in [-0.2, -0.15) is 0 Å². The first-order chi connectivity index (χ1) is 17.1. The summed E-state index contributed by atoms with van der Waals surface area (Å²) in [6.45, 7) is 10.4. The number of nitrogens with zero attached hydrogens (tertiary/aromatic N) is 3. The van der Waals surface area contributed by atoms with Gasteiger partial charge in [0.05, 0.1) is 16.6 Å². The molecule has 0 fully saturated rings. The van der Waals surface area contributed by atoms with Crippen molar-refractivity contribution in [3.05, 3.63) is 77.5 Å². The lowest BCUT2D eigenvalue weighted by Gasteiger charge is -2.23. The van der Waals surface area contributed by atoms with Gasteiger partial charge in [0, 0.05) is 17.2 Å². The van der Waals surface area contributed by atoms with E-state index in [2.05, 4.69) is 55.3 Å². The highest BCUT2D eigenvalue weighted by Gasteiger charge is 2.17. The van der Waals surface area contributed by atoms with Crippen LogP contribution in [0.15, 0.2) is 60.7 Å². The summed E-state index contributed by atoms with van der Waals surface area (Å²) < 4.78 is 0.930. The molecule has 2 aromatic carbocycles. The molecule has 0 aliphatic heterocycles. The van der Waals surface area contributed by atoms with Crippen LogP contribution in [0.25, 0.3) is 20.8 Å². The number of carbonyl (C=O) groups excluding carboxylic acids is 1. The van der Waals surface area contributed by atoms with Gasteiger partial charge in [-0.05, 0) is 55.2 Å². The molecule has 1 amide bonds. The Balaban J connectivity index is 1.54. The first kappa shape index (κ1) is 25.2. The number of pyridine rings is 1. The quantitative estimate of drug-likeness (QED) is 0.207. The van der Waals surface area contributed by atoms with Crippen LogP contribution in [0.2, 0.25) is 0 Å². The lowest BCUT2D eigenvalue weighted by Crippen LogP contribution is -2.36. The van der Waals surface area contributed by atoms with E-state index in [1.807, 2.05) is 26.0 Å². The Hall–Kier alpha value is -3.91. The third-order valence-electron chi connectivity index (χ3n) is 5.84. The maximum Gasteiger partial charge on any atom is 0.256 e. The average molecular weight is 499 g/mol. The van der Waals surface area contributed by atoms with Gasteiger partial charge in [0.25, 0.3) is 5.91 Å². The fourth-order valence-corrected chi connectivity index (χ4v) is 4.74. The van der Waals surface area contributed by atoms with Crippen molar-refractivity contribution in [1.82, 2.24) is 14.9 Å². The molecule has 0 spiro atoms. The van der Waals surface area contributed by atoms with Crippen molar-refractivity contribution >= 4 is 45.5 Å². The van der Waals surface area contributed by atoms with Gasteiger partial charge >= 0.3 is 0 Å². The highest BCUT2D eigenvalue weighted by Crippen LogP contribution is 2.32. The summed E-state index contributed by atoms with van der Waals surface area (Å²) in [4.78, 5) is 23.6. The van der Waals surface area contributed by atoms with E-state index in [0.717, 1.165) is 27.1 Å². The van der Waals surface area contributed by atoms with E-state index in [4.69, 9.17) is 15.8 Å². The highest BCUT2D eigenvalue weighted by atomic mass is 32.1. The Kier molecular flexibility index (Phi) is 6.99. The summed E-state index contributed by atoms with van der Waals surface area (Å²) in [5, 5.41) is 19.7. The minimum atomic E-state index is -0.287. The van der Waals surface area contributed by atoms with Gasteiger partial charge in [0.15, 0.2) is 5.84 Å². The molecule has 0 unspecified atom stereocenters. The topological polar surface area (TPSA) is 106 Å². The number of benzene rings is 2. The number of rotatable bonds is 6. The number of fused-ring (bicyclic) bond motifs is 1. The van der Waals surface area contributed by atoms with Crippen LogP contribution in [-0.2, 0) is 5.41 Å². The molecule has 36 heavy (non-hydrogen) atoms. The fraction of sp³-hybridized carbons (Fsp3) is 0.250. The molecule has 4 aromatic rings. The Morgan fingerprint density at radius 1 is 1.06 bits per heavy atom. The predicted molar refractivity (Wildman–Crippen MR) is 149 cm³/mol. The van der Waals surface area contributed by atoms with Crippen LogP contribution in [0, 0.1) is 10.8 Å². The monoisotopic (exact) mass is 498 g/mol. The van der Waals surface area contributed by atoms with E-state index < -0.39 is 0 Å². The van der Waals surface area contributed by atoms with Gasteiger partial charge in [0.2, 0.25) is 0 Å². The number of carbonyl (C=O) groups is 1. The molecule has 0 aliphatic carbocycles. The normalized spacial score (nSPS) is 11.5. The van der Waals surface area contributed by atoms with Gasteiger partial charge < -0.3 is 10.2 Å². The molecular weight excluding hydrogens is 468 g/mol. The average Bonchev–Trinajstić information content (AvgIpc) is 3.27. The van der Waals surface area contributed by atoms with E-state index in [0.29, 0.717) is 17.1 Å². The smallest absolute Gasteiger partial charge is 0.256 e. The lowest BCUT2D eigenvalue weighted by molar-refractivity contribution is 0.102. The van der Waals surface area contributed by atoms with Crippen molar-refractivity contribution in [1.29, 1.82) is 10.8 Å². The van der Waals surface area contributed by atoms with Crippen molar-refractivity contribution in [2.24, 2.45) is 0 Å². The van der Waals surface area contributed by atoms with Crippen LogP contribution in [-0.4, -0.2) is 39.0 Å². The van der Waals surface area contributed by atoms with Crippen molar-refractivity contribution in [3.63, 3.8) is 0 Å². The molecule has 184 valence electrons. The molecule has 0 atom stereocenters. The zero-order valence-corrected chi connectivity index (χ0v) is 21.9. The molecule has 0 saturated carbocycles. The van der Waals surface area contributed by atoms with Crippen LogP contribution in [0.5, 0.6) is 0 Å². The largest absolute Gasteiger partial charge is 0.314 e. The molecule has 8 heteroatoms. The summed E-state index contributed by atoms with van der Waals surface area (Å²) >= 11 is 1.55. The van der Waals surface area contributed by atoms with Crippen LogP contribution < -0.4 is 5.32 Å². The second-order valence-corrected chi connectivity index (χ2v) is 10.9. The zero-order valence-electron chi connectivity index (χ0n) is 21.1. The predicted octanol–water partition coefficient (Wildman–Crippen LogP) is 6.55. The third-order valence-corrected chi connectivity index (χ3v) is 6.90. The van der Waals surface area contributed by atoms with Crippen LogP contribution >= 0.6 is 11.3 Å². The number of anilines is 1. The summed E-state index contributed by atoms with van der Waals surface area (Å²) in [7, 11) is 0. The van der Waals surface area contributed by atoms with Gasteiger partial charge in [-0.25, -0.2) is 9.97 Å². The summed E-state index contributed by atoms with van der Waals surface area (Å²) in [5.74, 6) is 0.163. The number of aromatic nitrogens is 2. The van der Waals surface area contributed by atoms with Crippen molar-refractivity contribution in [3.8, 4) is 10.6 Å². The maximum atomic E-state index is 13.0. The second-order valence-electron chi connectivity index (χ2n) is 9.87. The van der Waals surface area contributed by atoms with E-state index in [1.165, 1.54) is 10.5 Å².